The Bertz CT molecular complexity index is 417. The second-order valence-electron chi connectivity index (χ2n) is 5.73. The smallest absolute Gasteiger partial charge is 0.127 e. The Morgan fingerprint density at radius 2 is 1.82 bits per heavy atom. The van der Waals surface area contributed by atoms with Gasteiger partial charge in [0.05, 0.1) is 0 Å². The first-order valence-corrected chi connectivity index (χ1v) is 6.78. The molecule has 1 nitrogen and oxygen atoms in total. The van der Waals surface area contributed by atoms with Gasteiger partial charge in [-0.3, -0.25) is 0 Å². The van der Waals surface area contributed by atoms with Crippen LogP contribution in [-0.2, 0) is 5.54 Å². The molecule has 0 unspecified atom stereocenters. The molecule has 0 heterocycles. The van der Waals surface area contributed by atoms with Crippen molar-refractivity contribution in [3.63, 3.8) is 0 Å². The highest BCUT2D eigenvalue weighted by atomic mass is 19.1. The monoisotopic (exact) mass is 233 g/mol. The van der Waals surface area contributed by atoms with Crippen molar-refractivity contribution >= 4 is 0 Å². The van der Waals surface area contributed by atoms with Gasteiger partial charge in [0.25, 0.3) is 0 Å². The third-order valence-electron chi connectivity index (χ3n) is 4.41. The van der Waals surface area contributed by atoms with Crippen molar-refractivity contribution in [2.45, 2.75) is 56.4 Å². The van der Waals surface area contributed by atoms with Gasteiger partial charge in [0.1, 0.15) is 5.82 Å². The zero-order valence-corrected chi connectivity index (χ0v) is 10.2. The van der Waals surface area contributed by atoms with Crippen molar-refractivity contribution < 1.29 is 4.39 Å². The minimum Gasteiger partial charge on any atom is -0.321 e. The zero-order chi connectivity index (χ0) is 11.9. The average Bonchev–Trinajstić information content (AvgIpc) is 3.10. The van der Waals surface area contributed by atoms with Crippen LogP contribution in [0, 0.1) is 5.82 Å². The van der Waals surface area contributed by atoms with Crippen molar-refractivity contribution in [3.8, 4) is 0 Å². The summed E-state index contributed by atoms with van der Waals surface area (Å²) in [6.45, 7) is 0. The Labute approximate surface area is 102 Å². The fourth-order valence-electron chi connectivity index (χ4n) is 3.00. The Morgan fingerprint density at radius 3 is 2.41 bits per heavy atom. The molecule has 1 aromatic rings. The van der Waals surface area contributed by atoms with Crippen LogP contribution in [-0.4, -0.2) is 0 Å². The van der Waals surface area contributed by atoms with Crippen molar-refractivity contribution in [2.75, 3.05) is 0 Å². The highest BCUT2D eigenvalue weighted by Crippen LogP contribution is 2.44. The van der Waals surface area contributed by atoms with Crippen molar-refractivity contribution in [1.82, 2.24) is 0 Å². The predicted octanol–water partition coefficient (Wildman–Crippen LogP) is 3.82. The highest BCUT2D eigenvalue weighted by Gasteiger charge is 2.40. The lowest BCUT2D eigenvalue weighted by atomic mass is 9.83. The van der Waals surface area contributed by atoms with Crippen molar-refractivity contribution in [3.05, 3.63) is 35.1 Å². The predicted molar refractivity (Wildman–Crippen MR) is 67.3 cm³/mol. The van der Waals surface area contributed by atoms with Gasteiger partial charge in [-0.2, -0.15) is 0 Å². The first kappa shape index (κ1) is 11.2. The summed E-state index contributed by atoms with van der Waals surface area (Å²) in [5.74, 6) is 0.400. The largest absolute Gasteiger partial charge is 0.321 e. The summed E-state index contributed by atoms with van der Waals surface area (Å²) in [6.07, 6.45) is 8.07. The average molecular weight is 233 g/mol. The number of nitrogens with two attached hydrogens (primary N) is 1. The maximum atomic E-state index is 14.1. The second kappa shape index (κ2) is 4.09. The molecular weight excluding hydrogens is 213 g/mol. The third kappa shape index (κ3) is 2.11. The molecule has 0 atom stereocenters. The molecule has 0 spiro atoms. The number of hydrogen-bond donors (Lipinski definition) is 1. The summed E-state index contributed by atoms with van der Waals surface area (Å²) in [5.41, 5.74) is 7.78. The Balaban J connectivity index is 1.85. The summed E-state index contributed by atoms with van der Waals surface area (Å²) >= 11 is 0. The van der Waals surface area contributed by atoms with E-state index < -0.39 is 0 Å². The fourth-order valence-corrected chi connectivity index (χ4v) is 3.00. The molecule has 0 radical (unpaired) electrons. The molecule has 0 bridgehead atoms. The van der Waals surface area contributed by atoms with E-state index in [1.54, 1.807) is 6.07 Å². The Hall–Kier alpha value is -0.890. The van der Waals surface area contributed by atoms with E-state index in [-0.39, 0.29) is 11.4 Å². The van der Waals surface area contributed by atoms with Gasteiger partial charge in [-0.05, 0) is 48.8 Å². The minimum atomic E-state index is -0.216. The second-order valence-corrected chi connectivity index (χ2v) is 5.73. The van der Waals surface area contributed by atoms with Crippen LogP contribution in [0.25, 0.3) is 0 Å². The van der Waals surface area contributed by atoms with E-state index in [1.165, 1.54) is 19.3 Å². The molecule has 0 aliphatic heterocycles. The molecule has 0 saturated heterocycles. The lowest BCUT2D eigenvalue weighted by molar-refractivity contribution is 0.429. The van der Waals surface area contributed by atoms with Crippen LogP contribution in [0.5, 0.6) is 0 Å². The first-order valence-electron chi connectivity index (χ1n) is 6.78. The van der Waals surface area contributed by atoms with Gasteiger partial charge < -0.3 is 5.73 Å². The minimum absolute atomic E-state index is 0.0360. The molecular formula is C15H20FN. The molecule has 2 saturated carbocycles. The van der Waals surface area contributed by atoms with Gasteiger partial charge in [-0.1, -0.05) is 31.4 Å². The number of rotatable bonds is 2. The lowest BCUT2D eigenvalue weighted by Crippen LogP contribution is -2.19. The number of benzene rings is 1. The van der Waals surface area contributed by atoms with Crippen LogP contribution in [0.15, 0.2) is 18.2 Å². The molecule has 0 amide bonds. The number of halogens is 1. The SMILES string of the molecule is NC1(c2ccc(C3CCCCC3)c(F)c2)CC1. The molecule has 92 valence electrons. The van der Waals surface area contributed by atoms with E-state index in [9.17, 15) is 4.39 Å². The standard InChI is InChI=1S/C15H20FN/c16-14-10-12(15(17)8-9-15)6-7-13(14)11-4-2-1-3-5-11/h6-7,10-11H,1-5,8-9,17H2. The van der Waals surface area contributed by atoms with E-state index >= 15 is 0 Å². The van der Waals surface area contributed by atoms with Crippen LogP contribution >= 0.6 is 0 Å². The van der Waals surface area contributed by atoms with E-state index in [0.717, 1.165) is 36.8 Å². The molecule has 2 fully saturated rings. The summed E-state index contributed by atoms with van der Waals surface area (Å²) in [5, 5.41) is 0. The zero-order valence-electron chi connectivity index (χ0n) is 10.2. The van der Waals surface area contributed by atoms with Crippen LogP contribution < -0.4 is 5.73 Å². The van der Waals surface area contributed by atoms with Crippen molar-refractivity contribution in [2.24, 2.45) is 5.73 Å². The maximum Gasteiger partial charge on any atom is 0.127 e. The molecule has 1 aromatic carbocycles. The quantitative estimate of drug-likeness (QED) is 0.825. The summed E-state index contributed by atoms with van der Waals surface area (Å²) in [7, 11) is 0. The van der Waals surface area contributed by atoms with Crippen LogP contribution in [0.4, 0.5) is 4.39 Å². The van der Waals surface area contributed by atoms with E-state index in [1.807, 2.05) is 12.1 Å². The third-order valence-corrected chi connectivity index (χ3v) is 4.41. The first-order chi connectivity index (χ1) is 8.19. The lowest BCUT2D eigenvalue weighted by Gasteiger charge is -2.23. The fraction of sp³-hybridized carbons (Fsp3) is 0.600. The Morgan fingerprint density at radius 1 is 1.12 bits per heavy atom. The van der Waals surface area contributed by atoms with Gasteiger partial charge in [0.15, 0.2) is 0 Å². The maximum absolute atomic E-state index is 14.1. The summed E-state index contributed by atoms with van der Waals surface area (Å²) in [4.78, 5) is 0. The molecule has 2 heteroatoms. The van der Waals surface area contributed by atoms with Gasteiger partial charge >= 0.3 is 0 Å². The summed E-state index contributed by atoms with van der Waals surface area (Å²) < 4.78 is 14.1. The molecule has 2 aliphatic carbocycles. The normalized spacial score (nSPS) is 23.6. The number of hydrogen-bond acceptors (Lipinski definition) is 1. The molecule has 2 aliphatic rings. The van der Waals surface area contributed by atoms with Gasteiger partial charge in [0, 0.05) is 5.54 Å². The van der Waals surface area contributed by atoms with Crippen LogP contribution in [0.3, 0.4) is 0 Å². The molecule has 3 rings (SSSR count). The van der Waals surface area contributed by atoms with Gasteiger partial charge in [-0.15, -0.1) is 0 Å². The molecule has 0 aromatic heterocycles. The van der Waals surface area contributed by atoms with E-state index in [4.69, 9.17) is 5.73 Å². The van der Waals surface area contributed by atoms with Crippen LogP contribution in [0.1, 0.15) is 62.0 Å². The summed E-state index contributed by atoms with van der Waals surface area (Å²) in [6, 6.07) is 5.70. The van der Waals surface area contributed by atoms with Crippen molar-refractivity contribution in [1.29, 1.82) is 0 Å². The van der Waals surface area contributed by atoms with E-state index in [2.05, 4.69) is 0 Å². The highest BCUT2D eigenvalue weighted by molar-refractivity contribution is 5.34. The van der Waals surface area contributed by atoms with Gasteiger partial charge in [-0.25, -0.2) is 4.39 Å². The van der Waals surface area contributed by atoms with Crippen LogP contribution in [0.2, 0.25) is 0 Å². The molecule has 17 heavy (non-hydrogen) atoms. The topological polar surface area (TPSA) is 26.0 Å². The molecule has 2 N–H and O–H groups in total. The van der Waals surface area contributed by atoms with E-state index in [0.29, 0.717) is 5.92 Å². The van der Waals surface area contributed by atoms with Gasteiger partial charge in [0.2, 0.25) is 0 Å². The Kier molecular flexibility index (Phi) is 2.70.